The van der Waals surface area contributed by atoms with Crippen LogP contribution in [0.2, 0.25) is 0 Å². The van der Waals surface area contributed by atoms with Crippen molar-refractivity contribution in [2.45, 2.75) is 38.6 Å². The smallest absolute Gasteiger partial charge is 0.138 e. The van der Waals surface area contributed by atoms with Crippen molar-refractivity contribution < 1.29 is 5.11 Å². The molecule has 1 aliphatic rings. The molecule has 1 N–H and O–H groups in total. The molecule has 2 heterocycles. The van der Waals surface area contributed by atoms with Crippen LogP contribution < -0.4 is 0 Å². The Bertz CT molecular complexity index is 559. The van der Waals surface area contributed by atoms with E-state index < -0.39 is 0 Å². The van der Waals surface area contributed by atoms with Crippen LogP contribution in [-0.2, 0) is 13.0 Å². The van der Waals surface area contributed by atoms with E-state index in [0.29, 0.717) is 0 Å². The number of benzene rings is 1. The second kappa shape index (κ2) is 5.13. The average molecular weight is 257 g/mol. The number of hydrogen-bond acceptors (Lipinski definition) is 3. The number of aromatic nitrogens is 3. The van der Waals surface area contributed by atoms with E-state index in [1.54, 1.807) is 0 Å². The second-order valence-corrected chi connectivity index (χ2v) is 5.31. The molecule has 0 radical (unpaired) electrons. The minimum Gasteiger partial charge on any atom is -0.396 e. The number of rotatable bonds is 3. The van der Waals surface area contributed by atoms with Crippen LogP contribution in [0.1, 0.15) is 41.5 Å². The summed E-state index contributed by atoms with van der Waals surface area (Å²) in [4.78, 5) is 0. The fraction of sp³-hybridized carbons (Fsp3) is 0.467. The van der Waals surface area contributed by atoms with E-state index in [0.717, 1.165) is 37.5 Å². The van der Waals surface area contributed by atoms with Crippen molar-refractivity contribution in [3.63, 3.8) is 0 Å². The molecule has 1 unspecified atom stereocenters. The van der Waals surface area contributed by atoms with Gasteiger partial charge in [-0.1, -0.05) is 29.8 Å². The first-order valence-electron chi connectivity index (χ1n) is 6.86. The van der Waals surface area contributed by atoms with Gasteiger partial charge in [-0.3, -0.25) is 0 Å². The molecule has 0 spiro atoms. The third-order valence-electron chi connectivity index (χ3n) is 3.86. The third-order valence-corrected chi connectivity index (χ3v) is 3.86. The molecule has 1 aliphatic heterocycles. The van der Waals surface area contributed by atoms with Crippen LogP contribution >= 0.6 is 0 Å². The molecular weight excluding hydrogens is 238 g/mol. The maximum Gasteiger partial charge on any atom is 0.138 e. The predicted octanol–water partition coefficient (Wildman–Crippen LogP) is 2.05. The van der Waals surface area contributed by atoms with Crippen molar-refractivity contribution in [1.29, 1.82) is 0 Å². The molecule has 1 aromatic heterocycles. The van der Waals surface area contributed by atoms with Gasteiger partial charge in [-0.15, -0.1) is 10.2 Å². The topological polar surface area (TPSA) is 50.9 Å². The fourth-order valence-corrected chi connectivity index (χ4v) is 2.71. The molecule has 1 atom stereocenters. The normalized spacial score (nSPS) is 18.3. The lowest BCUT2D eigenvalue weighted by atomic mass is 9.99. The largest absolute Gasteiger partial charge is 0.396 e. The van der Waals surface area contributed by atoms with Gasteiger partial charge >= 0.3 is 0 Å². The standard InChI is InChI=1S/C15H19N3O/c1-11-4-6-12(7-5-11)9-14-16-17-15-13(10-19)3-2-8-18(14)15/h4-7,13,19H,2-3,8-10H2,1H3. The van der Waals surface area contributed by atoms with E-state index in [2.05, 4.69) is 46.0 Å². The second-order valence-electron chi connectivity index (χ2n) is 5.31. The first kappa shape index (κ1) is 12.4. The molecule has 1 aromatic carbocycles. The van der Waals surface area contributed by atoms with Gasteiger partial charge in [-0.25, -0.2) is 0 Å². The van der Waals surface area contributed by atoms with Gasteiger partial charge in [0.2, 0.25) is 0 Å². The highest BCUT2D eigenvalue weighted by Gasteiger charge is 2.24. The summed E-state index contributed by atoms with van der Waals surface area (Å²) in [5, 5.41) is 18.0. The van der Waals surface area contributed by atoms with E-state index in [1.165, 1.54) is 11.1 Å². The Hall–Kier alpha value is -1.68. The molecule has 0 amide bonds. The third kappa shape index (κ3) is 2.40. The maximum atomic E-state index is 9.39. The summed E-state index contributed by atoms with van der Waals surface area (Å²) in [6.45, 7) is 3.23. The number of aliphatic hydroxyl groups excluding tert-OH is 1. The van der Waals surface area contributed by atoms with Gasteiger partial charge < -0.3 is 9.67 Å². The van der Waals surface area contributed by atoms with Crippen molar-refractivity contribution in [1.82, 2.24) is 14.8 Å². The number of aliphatic hydroxyl groups is 1. The quantitative estimate of drug-likeness (QED) is 0.915. The molecule has 3 rings (SSSR count). The summed E-state index contributed by atoms with van der Waals surface area (Å²) < 4.78 is 2.18. The highest BCUT2D eigenvalue weighted by molar-refractivity contribution is 5.24. The van der Waals surface area contributed by atoms with Crippen molar-refractivity contribution in [2.75, 3.05) is 6.61 Å². The Balaban J connectivity index is 1.86. The summed E-state index contributed by atoms with van der Waals surface area (Å²) >= 11 is 0. The molecular formula is C15H19N3O. The lowest BCUT2D eigenvalue weighted by molar-refractivity contribution is 0.237. The molecule has 0 bridgehead atoms. The number of aryl methyl sites for hydroxylation is 1. The fourth-order valence-electron chi connectivity index (χ4n) is 2.71. The van der Waals surface area contributed by atoms with Crippen LogP contribution in [-0.4, -0.2) is 26.5 Å². The Labute approximate surface area is 113 Å². The van der Waals surface area contributed by atoms with Gasteiger partial charge in [0.25, 0.3) is 0 Å². The molecule has 4 nitrogen and oxygen atoms in total. The first-order chi connectivity index (χ1) is 9.28. The monoisotopic (exact) mass is 257 g/mol. The van der Waals surface area contributed by atoms with Crippen molar-refractivity contribution >= 4 is 0 Å². The summed E-state index contributed by atoms with van der Waals surface area (Å²) in [5.74, 6) is 2.13. The Morgan fingerprint density at radius 1 is 1.26 bits per heavy atom. The SMILES string of the molecule is Cc1ccc(Cc2nnc3n2CCCC3CO)cc1. The minimum absolute atomic E-state index is 0.160. The zero-order valence-electron chi connectivity index (χ0n) is 11.2. The predicted molar refractivity (Wildman–Crippen MR) is 73.1 cm³/mol. The molecule has 0 saturated heterocycles. The summed E-state index contributed by atoms with van der Waals surface area (Å²) in [6, 6.07) is 8.53. The van der Waals surface area contributed by atoms with Crippen molar-refractivity contribution in [3.05, 3.63) is 47.0 Å². The lowest BCUT2D eigenvalue weighted by Crippen LogP contribution is -2.20. The van der Waals surface area contributed by atoms with Gasteiger partial charge in [0.15, 0.2) is 0 Å². The van der Waals surface area contributed by atoms with Crippen LogP contribution in [0, 0.1) is 6.92 Å². The highest BCUT2D eigenvalue weighted by atomic mass is 16.3. The van der Waals surface area contributed by atoms with E-state index in [-0.39, 0.29) is 12.5 Å². The molecule has 0 aliphatic carbocycles. The minimum atomic E-state index is 0.160. The maximum absolute atomic E-state index is 9.39. The molecule has 0 fully saturated rings. The number of fused-ring (bicyclic) bond motifs is 1. The highest BCUT2D eigenvalue weighted by Crippen LogP contribution is 2.26. The first-order valence-corrected chi connectivity index (χ1v) is 6.86. The van der Waals surface area contributed by atoms with Gasteiger partial charge in [-0.2, -0.15) is 0 Å². The lowest BCUT2D eigenvalue weighted by Gasteiger charge is -2.21. The Morgan fingerprint density at radius 2 is 2.05 bits per heavy atom. The van der Waals surface area contributed by atoms with Crippen LogP contribution in [0.3, 0.4) is 0 Å². The molecule has 0 saturated carbocycles. The number of nitrogens with zero attached hydrogens (tertiary/aromatic N) is 3. The Kier molecular flexibility index (Phi) is 3.34. The van der Waals surface area contributed by atoms with Gasteiger partial charge in [0, 0.05) is 18.9 Å². The zero-order valence-corrected chi connectivity index (χ0v) is 11.2. The van der Waals surface area contributed by atoms with E-state index in [1.807, 2.05) is 0 Å². The zero-order chi connectivity index (χ0) is 13.2. The van der Waals surface area contributed by atoms with Gasteiger partial charge in [0.1, 0.15) is 11.6 Å². The molecule has 100 valence electrons. The molecule has 4 heteroatoms. The molecule has 2 aromatic rings. The van der Waals surface area contributed by atoms with E-state index >= 15 is 0 Å². The number of hydrogen-bond donors (Lipinski definition) is 1. The van der Waals surface area contributed by atoms with Crippen LogP contribution in [0.4, 0.5) is 0 Å². The van der Waals surface area contributed by atoms with E-state index in [9.17, 15) is 5.11 Å². The van der Waals surface area contributed by atoms with Gasteiger partial charge in [-0.05, 0) is 25.3 Å². The Morgan fingerprint density at radius 3 is 2.79 bits per heavy atom. The van der Waals surface area contributed by atoms with Crippen LogP contribution in [0.25, 0.3) is 0 Å². The summed E-state index contributed by atoms with van der Waals surface area (Å²) in [7, 11) is 0. The summed E-state index contributed by atoms with van der Waals surface area (Å²) in [6.07, 6.45) is 2.92. The van der Waals surface area contributed by atoms with Gasteiger partial charge in [0.05, 0.1) is 6.61 Å². The summed E-state index contributed by atoms with van der Waals surface area (Å²) in [5.41, 5.74) is 2.53. The van der Waals surface area contributed by atoms with Crippen molar-refractivity contribution in [3.8, 4) is 0 Å². The van der Waals surface area contributed by atoms with Crippen molar-refractivity contribution in [2.24, 2.45) is 0 Å². The molecule has 19 heavy (non-hydrogen) atoms. The van der Waals surface area contributed by atoms with Crippen LogP contribution in [0.15, 0.2) is 24.3 Å². The van der Waals surface area contributed by atoms with Crippen LogP contribution in [0.5, 0.6) is 0 Å². The average Bonchev–Trinajstić information content (AvgIpc) is 2.84. The van der Waals surface area contributed by atoms with E-state index in [4.69, 9.17) is 0 Å².